The number of nitrogens with zero attached hydrogens (tertiary/aromatic N) is 2. The molecule has 0 spiro atoms. The second-order valence-corrected chi connectivity index (χ2v) is 4.12. The molecule has 17 heavy (non-hydrogen) atoms. The summed E-state index contributed by atoms with van der Waals surface area (Å²) in [4.78, 5) is 12.9. The normalized spacial score (nSPS) is 14.1. The Morgan fingerprint density at radius 1 is 1.53 bits per heavy atom. The molecule has 1 fully saturated rings. The van der Waals surface area contributed by atoms with Gasteiger partial charge in [-0.25, -0.2) is 4.39 Å². The van der Waals surface area contributed by atoms with Gasteiger partial charge in [-0.1, -0.05) is 6.07 Å². The molecule has 0 N–H and O–H groups in total. The smallest absolute Gasteiger partial charge is 0.155 e. The summed E-state index contributed by atoms with van der Waals surface area (Å²) < 4.78 is 13.5. The highest BCUT2D eigenvalue weighted by molar-refractivity contribution is 5.85. The van der Waals surface area contributed by atoms with Crippen LogP contribution >= 0.6 is 0 Å². The highest BCUT2D eigenvalue weighted by Gasteiger charge is 2.30. The molecule has 4 heteroatoms. The quantitative estimate of drug-likeness (QED) is 0.733. The minimum absolute atomic E-state index is 0.0948. The Hall–Kier alpha value is -1.89. The standard InChI is InChI=1S/C13H13FN2O/c14-12-3-1-4-13(11(12)9-17)16(8-2-7-15)10-5-6-10/h1,3-4,9-10H,2,5-6,8H2. The van der Waals surface area contributed by atoms with Crippen LogP contribution in [0.5, 0.6) is 0 Å². The third-order valence-electron chi connectivity index (χ3n) is 2.91. The van der Waals surface area contributed by atoms with E-state index in [1.54, 1.807) is 12.1 Å². The number of benzene rings is 1. The highest BCUT2D eigenvalue weighted by Crippen LogP contribution is 2.33. The monoisotopic (exact) mass is 232 g/mol. The van der Waals surface area contributed by atoms with E-state index in [0.29, 0.717) is 31.0 Å². The first-order valence-corrected chi connectivity index (χ1v) is 5.65. The number of nitriles is 1. The fourth-order valence-corrected chi connectivity index (χ4v) is 1.95. The fraction of sp³-hybridized carbons (Fsp3) is 0.385. The molecule has 1 aromatic rings. The maximum absolute atomic E-state index is 13.5. The second-order valence-electron chi connectivity index (χ2n) is 4.12. The Morgan fingerprint density at radius 2 is 2.29 bits per heavy atom. The predicted molar refractivity (Wildman–Crippen MR) is 62.4 cm³/mol. The number of rotatable bonds is 5. The van der Waals surface area contributed by atoms with Gasteiger partial charge < -0.3 is 4.90 Å². The highest BCUT2D eigenvalue weighted by atomic mass is 19.1. The zero-order valence-electron chi connectivity index (χ0n) is 9.40. The average molecular weight is 232 g/mol. The number of anilines is 1. The minimum Gasteiger partial charge on any atom is -0.367 e. The molecule has 3 nitrogen and oxygen atoms in total. The molecule has 0 saturated heterocycles. The summed E-state index contributed by atoms with van der Waals surface area (Å²) in [6, 6.07) is 7.05. The van der Waals surface area contributed by atoms with Gasteiger partial charge in [-0.15, -0.1) is 0 Å². The fourth-order valence-electron chi connectivity index (χ4n) is 1.95. The number of carbonyl (C=O) groups is 1. The third-order valence-corrected chi connectivity index (χ3v) is 2.91. The second kappa shape index (κ2) is 4.96. The van der Waals surface area contributed by atoms with Gasteiger partial charge in [-0.05, 0) is 25.0 Å². The third kappa shape index (κ3) is 2.44. The molecule has 1 saturated carbocycles. The Labute approximate surface area is 99.5 Å². The average Bonchev–Trinajstić information content (AvgIpc) is 3.14. The Morgan fingerprint density at radius 3 is 2.88 bits per heavy atom. The summed E-state index contributed by atoms with van der Waals surface area (Å²) in [7, 11) is 0. The van der Waals surface area contributed by atoms with E-state index >= 15 is 0 Å². The van der Waals surface area contributed by atoms with Crippen molar-refractivity contribution in [1.82, 2.24) is 0 Å². The first-order chi connectivity index (χ1) is 8.27. The molecule has 0 bridgehead atoms. The van der Waals surface area contributed by atoms with Crippen molar-refractivity contribution >= 4 is 12.0 Å². The zero-order valence-corrected chi connectivity index (χ0v) is 9.40. The van der Waals surface area contributed by atoms with Gasteiger partial charge >= 0.3 is 0 Å². The molecule has 0 aromatic heterocycles. The van der Waals surface area contributed by atoms with E-state index in [9.17, 15) is 9.18 Å². The molecule has 2 rings (SSSR count). The summed E-state index contributed by atoms with van der Waals surface area (Å²) in [5.74, 6) is -0.500. The van der Waals surface area contributed by atoms with E-state index in [1.807, 2.05) is 4.90 Å². The molecule has 0 heterocycles. The molecule has 1 aliphatic rings. The summed E-state index contributed by atoms with van der Waals surface area (Å²) >= 11 is 0. The van der Waals surface area contributed by atoms with E-state index in [2.05, 4.69) is 6.07 Å². The SMILES string of the molecule is N#CCCN(c1cccc(F)c1C=O)C1CC1. The van der Waals surface area contributed by atoms with Crippen LogP contribution in [0.2, 0.25) is 0 Å². The number of hydrogen-bond acceptors (Lipinski definition) is 3. The Kier molecular flexibility index (Phi) is 3.38. The van der Waals surface area contributed by atoms with E-state index in [4.69, 9.17) is 5.26 Å². The lowest BCUT2D eigenvalue weighted by atomic mass is 10.1. The summed E-state index contributed by atoms with van der Waals surface area (Å²) in [5.41, 5.74) is 0.704. The molecule has 0 unspecified atom stereocenters. The molecule has 0 amide bonds. The molecule has 0 aliphatic heterocycles. The van der Waals surface area contributed by atoms with E-state index in [1.165, 1.54) is 6.07 Å². The lowest BCUT2D eigenvalue weighted by Crippen LogP contribution is -2.28. The van der Waals surface area contributed by atoms with Crippen LogP contribution in [-0.4, -0.2) is 18.9 Å². The van der Waals surface area contributed by atoms with Crippen molar-refractivity contribution in [2.75, 3.05) is 11.4 Å². The van der Waals surface area contributed by atoms with Crippen LogP contribution in [0.4, 0.5) is 10.1 Å². The molecule has 1 aromatic carbocycles. The van der Waals surface area contributed by atoms with Crippen molar-refractivity contribution in [2.45, 2.75) is 25.3 Å². The van der Waals surface area contributed by atoms with Crippen molar-refractivity contribution in [1.29, 1.82) is 5.26 Å². The number of carbonyl (C=O) groups excluding carboxylic acids is 1. The molecular weight excluding hydrogens is 219 g/mol. The van der Waals surface area contributed by atoms with Gasteiger partial charge in [-0.3, -0.25) is 4.79 Å². The predicted octanol–water partition coefficient (Wildman–Crippen LogP) is 2.52. The number of aldehydes is 1. The van der Waals surface area contributed by atoms with Crippen molar-refractivity contribution in [2.24, 2.45) is 0 Å². The summed E-state index contributed by atoms with van der Waals surface area (Å²) in [6.45, 7) is 0.547. The Bertz CT molecular complexity index is 463. The number of hydrogen-bond donors (Lipinski definition) is 0. The van der Waals surface area contributed by atoms with E-state index in [0.717, 1.165) is 12.8 Å². The van der Waals surface area contributed by atoms with Gasteiger partial charge in [-0.2, -0.15) is 5.26 Å². The van der Waals surface area contributed by atoms with Crippen molar-refractivity contribution < 1.29 is 9.18 Å². The van der Waals surface area contributed by atoms with Crippen LogP contribution in [0.25, 0.3) is 0 Å². The van der Waals surface area contributed by atoms with Gasteiger partial charge in [0.15, 0.2) is 6.29 Å². The Balaban J connectivity index is 2.32. The lowest BCUT2D eigenvalue weighted by Gasteiger charge is -2.25. The van der Waals surface area contributed by atoms with Gasteiger partial charge in [0.25, 0.3) is 0 Å². The van der Waals surface area contributed by atoms with Crippen LogP contribution in [0, 0.1) is 17.1 Å². The lowest BCUT2D eigenvalue weighted by molar-refractivity contribution is 0.112. The van der Waals surface area contributed by atoms with E-state index in [-0.39, 0.29) is 5.56 Å². The first kappa shape index (κ1) is 11.6. The maximum Gasteiger partial charge on any atom is 0.155 e. The maximum atomic E-state index is 13.5. The van der Waals surface area contributed by atoms with Crippen LogP contribution < -0.4 is 4.90 Å². The summed E-state index contributed by atoms with van der Waals surface area (Å²) in [6.07, 6.45) is 3.01. The van der Waals surface area contributed by atoms with Crippen molar-refractivity contribution in [3.63, 3.8) is 0 Å². The molecular formula is C13H13FN2O. The first-order valence-electron chi connectivity index (χ1n) is 5.65. The summed E-state index contributed by atoms with van der Waals surface area (Å²) in [5, 5.41) is 8.63. The van der Waals surface area contributed by atoms with Crippen LogP contribution in [0.15, 0.2) is 18.2 Å². The van der Waals surface area contributed by atoms with Crippen LogP contribution in [0.1, 0.15) is 29.6 Å². The van der Waals surface area contributed by atoms with Crippen LogP contribution in [-0.2, 0) is 0 Å². The zero-order chi connectivity index (χ0) is 12.3. The van der Waals surface area contributed by atoms with E-state index < -0.39 is 5.82 Å². The largest absolute Gasteiger partial charge is 0.367 e. The molecule has 88 valence electrons. The van der Waals surface area contributed by atoms with Crippen molar-refractivity contribution in [3.8, 4) is 6.07 Å². The molecule has 0 radical (unpaired) electrons. The molecule has 1 aliphatic carbocycles. The minimum atomic E-state index is -0.500. The topological polar surface area (TPSA) is 44.1 Å². The van der Waals surface area contributed by atoms with Gasteiger partial charge in [0.05, 0.1) is 23.7 Å². The van der Waals surface area contributed by atoms with Crippen molar-refractivity contribution in [3.05, 3.63) is 29.6 Å². The van der Waals surface area contributed by atoms with Gasteiger partial charge in [0.2, 0.25) is 0 Å². The van der Waals surface area contributed by atoms with Crippen LogP contribution in [0.3, 0.4) is 0 Å². The van der Waals surface area contributed by atoms with Gasteiger partial charge in [0, 0.05) is 12.6 Å². The molecule has 0 atom stereocenters. The van der Waals surface area contributed by atoms with Gasteiger partial charge in [0.1, 0.15) is 5.82 Å². The number of halogens is 1.